The molecule has 1 aliphatic rings. The third kappa shape index (κ3) is 10.2. The summed E-state index contributed by atoms with van der Waals surface area (Å²) in [5.41, 5.74) is 0. The molecule has 1 aliphatic carbocycles. The molecule has 0 unspecified atom stereocenters. The second kappa shape index (κ2) is 14.1. The lowest BCUT2D eigenvalue weighted by atomic mass is 9.82. The van der Waals surface area contributed by atoms with E-state index >= 15 is 0 Å². The summed E-state index contributed by atoms with van der Waals surface area (Å²) in [6.07, 6.45) is 12.9. The van der Waals surface area contributed by atoms with Crippen LogP contribution in [0.5, 0.6) is 0 Å². The lowest BCUT2D eigenvalue weighted by Crippen LogP contribution is -2.29. The van der Waals surface area contributed by atoms with Crippen LogP contribution in [-0.4, -0.2) is 25.2 Å². The molecule has 0 radical (unpaired) electrons. The second-order valence-corrected chi connectivity index (χ2v) is 8.21. The van der Waals surface area contributed by atoms with Gasteiger partial charge in [0.15, 0.2) is 0 Å². The van der Waals surface area contributed by atoms with Crippen LogP contribution >= 0.6 is 0 Å². The number of carbonyl (C=O) groups excluding carboxylic acids is 2. The Morgan fingerprint density at radius 3 is 1.73 bits per heavy atom. The Bertz CT molecular complexity index is 384. The van der Waals surface area contributed by atoms with Crippen molar-refractivity contribution in [3.63, 3.8) is 0 Å². The molecule has 0 aliphatic heterocycles. The fourth-order valence-electron chi connectivity index (χ4n) is 3.46. The number of unbranched alkanes of at least 4 members (excludes halogenated alkanes) is 7. The molecule has 26 heavy (non-hydrogen) atoms. The molecule has 0 heterocycles. The largest absolute Gasteiger partial charge is 0.465 e. The lowest BCUT2D eigenvalue weighted by molar-refractivity contribution is -0.155. The first-order valence-corrected chi connectivity index (χ1v) is 10.9. The molecule has 152 valence electrons. The number of esters is 2. The van der Waals surface area contributed by atoms with Gasteiger partial charge in [-0.05, 0) is 38.0 Å². The van der Waals surface area contributed by atoms with Gasteiger partial charge in [-0.1, -0.05) is 65.7 Å². The van der Waals surface area contributed by atoms with Crippen LogP contribution in [0.1, 0.15) is 97.8 Å². The first kappa shape index (κ1) is 23.0. The quantitative estimate of drug-likeness (QED) is 0.310. The van der Waals surface area contributed by atoms with Crippen molar-refractivity contribution in [2.45, 2.75) is 97.8 Å². The van der Waals surface area contributed by atoms with Gasteiger partial charge in [-0.15, -0.1) is 0 Å². The van der Waals surface area contributed by atoms with Gasteiger partial charge in [0.1, 0.15) is 0 Å². The molecular formula is C22H40O4. The molecule has 0 amide bonds. The molecule has 1 rings (SSSR count). The Morgan fingerprint density at radius 1 is 0.769 bits per heavy atom. The number of ether oxygens (including phenoxy) is 2. The lowest BCUT2D eigenvalue weighted by Gasteiger charge is -2.26. The molecule has 1 saturated carbocycles. The molecule has 0 saturated heterocycles. The monoisotopic (exact) mass is 368 g/mol. The standard InChI is InChI=1S/C22H40O4/c1-4-5-6-7-8-9-10-11-16-25-21(23)19-12-14-20(15-13-19)22(24)26-17-18(2)3/h18-20H,4-17H2,1-3H3. The van der Waals surface area contributed by atoms with Gasteiger partial charge >= 0.3 is 11.9 Å². The van der Waals surface area contributed by atoms with Crippen LogP contribution in [0.15, 0.2) is 0 Å². The predicted octanol–water partition coefficient (Wildman–Crippen LogP) is 5.68. The third-order valence-electron chi connectivity index (χ3n) is 5.19. The normalized spacial score (nSPS) is 20.2. The van der Waals surface area contributed by atoms with Crippen LogP contribution in [-0.2, 0) is 19.1 Å². The van der Waals surface area contributed by atoms with Crippen LogP contribution < -0.4 is 0 Å². The van der Waals surface area contributed by atoms with Gasteiger partial charge in [0.2, 0.25) is 0 Å². The van der Waals surface area contributed by atoms with Gasteiger partial charge < -0.3 is 9.47 Å². The maximum atomic E-state index is 12.2. The topological polar surface area (TPSA) is 52.6 Å². The van der Waals surface area contributed by atoms with Crippen LogP contribution in [0, 0.1) is 17.8 Å². The molecule has 0 N–H and O–H groups in total. The van der Waals surface area contributed by atoms with Crippen LogP contribution in [0.4, 0.5) is 0 Å². The first-order chi connectivity index (χ1) is 12.5. The molecule has 0 atom stereocenters. The highest BCUT2D eigenvalue weighted by Crippen LogP contribution is 2.30. The summed E-state index contributed by atoms with van der Waals surface area (Å²) in [5, 5.41) is 0. The first-order valence-electron chi connectivity index (χ1n) is 10.9. The van der Waals surface area contributed by atoms with Crippen molar-refractivity contribution in [3.05, 3.63) is 0 Å². The Morgan fingerprint density at radius 2 is 1.23 bits per heavy atom. The number of hydrogen-bond donors (Lipinski definition) is 0. The van der Waals surface area contributed by atoms with Gasteiger partial charge in [0.25, 0.3) is 0 Å². The SMILES string of the molecule is CCCCCCCCCCOC(=O)C1CCC(C(=O)OCC(C)C)CC1. The molecule has 0 aromatic rings. The maximum Gasteiger partial charge on any atom is 0.308 e. The van der Waals surface area contributed by atoms with Crippen molar-refractivity contribution in [1.82, 2.24) is 0 Å². The van der Waals surface area contributed by atoms with E-state index in [-0.39, 0.29) is 23.8 Å². The summed E-state index contributed by atoms with van der Waals surface area (Å²) in [5.74, 6) is 0.136. The Balaban J connectivity index is 2.04. The zero-order valence-corrected chi connectivity index (χ0v) is 17.3. The van der Waals surface area contributed by atoms with Crippen LogP contribution in [0.25, 0.3) is 0 Å². The molecular weight excluding hydrogens is 328 g/mol. The number of carbonyl (C=O) groups is 2. The second-order valence-electron chi connectivity index (χ2n) is 8.21. The average molecular weight is 369 g/mol. The fourth-order valence-corrected chi connectivity index (χ4v) is 3.46. The highest BCUT2D eigenvalue weighted by molar-refractivity contribution is 5.75. The summed E-state index contributed by atoms with van der Waals surface area (Å²) >= 11 is 0. The van der Waals surface area contributed by atoms with Crippen molar-refractivity contribution < 1.29 is 19.1 Å². The predicted molar refractivity (Wildman–Crippen MR) is 105 cm³/mol. The molecule has 1 fully saturated rings. The summed E-state index contributed by atoms with van der Waals surface area (Å²) in [6.45, 7) is 7.34. The van der Waals surface area contributed by atoms with E-state index in [0.717, 1.165) is 38.5 Å². The Kier molecular flexibility index (Phi) is 12.4. The Hall–Kier alpha value is -1.06. The van der Waals surface area contributed by atoms with Crippen molar-refractivity contribution >= 4 is 11.9 Å². The molecule has 0 aromatic heterocycles. The highest BCUT2D eigenvalue weighted by atomic mass is 16.5. The van der Waals surface area contributed by atoms with Crippen LogP contribution in [0.3, 0.4) is 0 Å². The average Bonchev–Trinajstić information content (AvgIpc) is 2.64. The van der Waals surface area contributed by atoms with Crippen molar-refractivity contribution in [2.24, 2.45) is 17.8 Å². The molecule has 0 spiro atoms. The highest BCUT2D eigenvalue weighted by Gasteiger charge is 2.31. The number of rotatable bonds is 13. The van der Waals surface area contributed by atoms with Gasteiger partial charge in [-0.3, -0.25) is 9.59 Å². The van der Waals surface area contributed by atoms with E-state index in [2.05, 4.69) is 6.92 Å². The summed E-state index contributed by atoms with van der Waals surface area (Å²) in [4.78, 5) is 24.2. The van der Waals surface area contributed by atoms with Crippen molar-refractivity contribution in [1.29, 1.82) is 0 Å². The van der Waals surface area contributed by atoms with E-state index < -0.39 is 0 Å². The van der Waals surface area contributed by atoms with Crippen LogP contribution in [0.2, 0.25) is 0 Å². The summed E-state index contributed by atoms with van der Waals surface area (Å²) in [7, 11) is 0. The maximum absolute atomic E-state index is 12.2. The van der Waals surface area contributed by atoms with E-state index in [0.29, 0.717) is 19.1 Å². The third-order valence-corrected chi connectivity index (χ3v) is 5.19. The summed E-state index contributed by atoms with van der Waals surface area (Å²) in [6, 6.07) is 0. The molecule has 4 nitrogen and oxygen atoms in total. The van der Waals surface area contributed by atoms with Crippen molar-refractivity contribution in [2.75, 3.05) is 13.2 Å². The van der Waals surface area contributed by atoms with E-state index in [1.807, 2.05) is 13.8 Å². The minimum atomic E-state index is -0.0931. The zero-order valence-electron chi connectivity index (χ0n) is 17.3. The zero-order chi connectivity index (χ0) is 19.2. The smallest absolute Gasteiger partial charge is 0.308 e. The molecule has 0 aromatic carbocycles. The minimum absolute atomic E-state index is 0.0295. The molecule has 4 heteroatoms. The van der Waals surface area contributed by atoms with Gasteiger partial charge in [0, 0.05) is 0 Å². The van der Waals surface area contributed by atoms with E-state index in [4.69, 9.17) is 9.47 Å². The number of hydrogen-bond acceptors (Lipinski definition) is 4. The fraction of sp³-hybridized carbons (Fsp3) is 0.909. The summed E-state index contributed by atoms with van der Waals surface area (Å²) < 4.78 is 10.8. The van der Waals surface area contributed by atoms with E-state index in [1.54, 1.807) is 0 Å². The van der Waals surface area contributed by atoms with Gasteiger partial charge in [-0.2, -0.15) is 0 Å². The minimum Gasteiger partial charge on any atom is -0.465 e. The van der Waals surface area contributed by atoms with E-state index in [1.165, 1.54) is 38.5 Å². The Labute approximate surface area is 160 Å². The van der Waals surface area contributed by atoms with Crippen molar-refractivity contribution in [3.8, 4) is 0 Å². The van der Waals surface area contributed by atoms with Gasteiger partial charge in [-0.25, -0.2) is 0 Å². The van der Waals surface area contributed by atoms with Gasteiger partial charge in [0.05, 0.1) is 25.0 Å². The molecule has 0 bridgehead atoms. The van der Waals surface area contributed by atoms with E-state index in [9.17, 15) is 9.59 Å².